The second-order valence-electron chi connectivity index (χ2n) is 7.24. The zero-order valence-electron chi connectivity index (χ0n) is 18.5. The highest BCUT2D eigenvalue weighted by molar-refractivity contribution is 5.69. The molecule has 0 aliphatic heterocycles. The van der Waals surface area contributed by atoms with Gasteiger partial charge < -0.3 is 18.9 Å². The fourth-order valence-corrected chi connectivity index (χ4v) is 2.62. The number of unbranched alkanes of at least 4 members (excludes halogenated alkanes) is 8. The Morgan fingerprint density at radius 3 is 1.52 bits per heavy atom. The summed E-state index contributed by atoms with van der Waals surface area (Å²) in [6.45, 7) is 5.20. The van der Waals surface area contributed by atoms with Crippen LogP contribution in [0.25, 0.3) is 0 Å². The van der Waals surface area contributed by atoms with Gasteiger partial charge in [0, 0.05) is 19.8 Å². The van der Waals surface area contributed by atoms with Crippen molar-refractivity contribution in [2.45, 2.75) is 104 Å². The quantitative estimate of drug-likeness (QED) is 0.130. The summed E-state index contributed by atoms with van der Waals surface area (Å²) in [5.74, 6) is -1.08. The van der Waals surface area contributed by atoms with Crippen LogP contribution in [0.5, 0.6) is 0 Å². The van der Waals surface area contributed by atoms with Gasteiger partial charge >= 0.3 is 17.9 Å². The van der Waals surface area contributed by atoms with Crippen LogP contribution >= 0.6 is 0 Å². The van der Waals surface area contributed by atoms with E-state index in [2.05, 4.69) is 13.8 Å². The smallest absolute Gasteiger partial charge is 0.305 e. The van der Waals surface area contributed by atoms with Gasteiger partial charge in [-0.15, -0.1) is 0 Å². The van der Waals surface area contributed by atoms with Crippen LogP contribution in [0.2, 0.25) is 0 Å². The normalized spacial score (nSPS) is 10.8. The summed E-state index contributed by atoms with van der Waals surface area (Å²) in [5, 5.41) is 0. The van der Waals surface area contributed by atoms with E-state index in [0.717, 1.165) is 51.4 Å². The Balaban J connectivity index is 4.14. The highest BCUT2D eigenvalue weighted by Gasteiger charge is 2.16. The number of ether oxygens (including phenoxy) is 4. The van der Waals surface area contributed by atoms with Gasteiger partial charge in [0.15, 0.2) is 6.79 Å². The third-order valence-electron chi connectivity index (χ3n) is 4.40. The number of rotatable bonds is 19. The van der Waals surface area contributed by atoms with E-state index in [4.69, 9.17) is 18.9 Å². The fraction of sp³-hybridized carbons (Fsp3) is 0.864. The summed E-state index contributed by atoms with van der Waals surface area (Å²) < 4.78 is 20.6. The summed E-state index contributed by atoms with van der Waals surface area (Å²) in [7, 11) is 0. The standard InChI is InChI=1S/C22H40O7/c1-4-6-8-10-12-14-21(24)26-16-20(29-18-28-19(3)23)17-27-22(25)15-13-11-9-7-5-2/h20H,4-18H2,1-3H3. The Morgan fingerprint density at radius 1 is 0.655 bits per heavy atom. The van der Waals surface area contributed by atoms with Gasteiger partial charge in [-0.1, -0.05) is 65.2 Å². The third kappa shape index (κ3) is 19.5. The molecule has 0 aromatic rings. The molecule has 0 bridgehead atoms. The summed E-state index contributed by atoms with van der Waals surface area (Å²) >= 11 is 0. The van der Waals surface area contributed by atoms with Gasteiger partial charge in [0.1, 0.15) is 19.3 Å². The van der Waals surface area contributed by atoms with Crippen molar-refractivity contribution in [3.63, 3.8) is 0 Å². The van der Waals surface area contributed by atoms with E-state index >= 15 is 0 Å². The molecule has 0 aromatic carbocycles. The van der Waals surface area contributed by atoms with E-state index in [9.17, 15) is 14.4 Å². The predicted molar refractivity (Wildman–Crippen MR) is 110 cm³/mol. The van der Waals surface area contributed by atoms with E-state index in [1.807, 2.05) is 0 Å². The first kappa shape index (κ1) is 27.4. The van der Waals surface area contributed by atoms with Gasteiger partial charge in [-0.25, -0.2) is 0 Å². The lowest BCUT2D eigenvalue weighted by Crippen LogP contribution is -2.29. The molecule has 0 aliphatic rings. The maximum Gasteiger partial charge on any atom is 0.305 e. The van der Waals surface area contributed by atoms with Crippen molar-refractivity contribution < 1.29 is 33.3 Å². The minimum Gasteiger partial charge on any atom is -0.463 e. The van der Waals surface area contributed by atoms with Crippen LogP contribution in [-0.4, -0.2) is 44.0 Å². The summed E-state index contributed by atoms with van der Waals surface area (Å²) in [6, 6.07) is 0. The summed E-state index contributed by atoms with van der Waals surface area (Å²) in [4.78, 5) is 34.6. The molecule has 29 heavy (non-hydrogen) atoms. The van der Waals surface area contributed by atoms with Crippen molar-refractivity contribution in [3.8, 4) is 0 Å². The van der Waals surface area contributed by atoms with Gasteiger partial charge in [0.25, 0.3) is 0 Å². The Bertz CT molecular complexity index is 407. The highest BCUT2D eigenvalue weighted by atomic mass is 16.7. The van der Waals surface area contributed by atoms with Gasteiger partial charge in [0.05, 0.1) is 0 Å². The Morgan fingerprint density at radius 2 is 1.10 bits per heavy atom. The van der Waals surface area contributed by atoms with Gasteiger partial charge in [-0.05, 0) is 12.8 Å². The van der Waals surface area contributed by atoms with E-state index in [0.29, 0.717) is 12.8 Å². The van der Waals surface area contributed by atoms with E-state index < -0.39 is 12.1 Å². The van der Waals surface area contributed by atoms with Crippen LogP contribution in [0.15, 0.2) is 0 Å². The third-order valence-corrected chi connectivity index (χ3v) is 4.40. The summed E-state index contributed by atoms with van der Waals surface area (Å²) in [6.07, 6.45) is 10.5. The minimum atomic E-state index is -0.664. The lowest BCUT2D eigenvalue weighted by Gasteiger charge is -2.18. The monoisotopic (exact) mass is 416 g/mol. The Kier molecular flexibility index (Phi) is 18.6. The van der Waals surface area contributed by atoms with Gasteiger partial charge in [-0.3, -0.25) is 14.4 Å². The SMILES string of the molecule is CCCCCCCC(=O)OCC(COC(=O)CCCCCCC)OCOC(C)=O. The molecule has 0 radical (unpaired) electrons. The maximum atomic E-state index is 11.9. The molecule has 170 valence electrons. The topological polar surface area (TPSA) is 88.1 Å². The fourth-order valence-electron chi connectivity index (χ4n) is 2.62. The Labute approximate surface area is 175 Å². The lowest BCUT2D eigenvalue weighted by atomic mass is 10.1. The molecule has 7 heteroatoms. The van der Waals surface area contributed by atoms with Gasteiger partial charge in [-0.2, -0.15) is 0 Å². The maximum absolute atomic E-state index is 11.9. The second-order valence-corrected chi connectivity index (χ2v) is 7.24. The number of hydrogen-bond acceptors (Lipinski definition) is 7. The Hall–Kier alpha value is -1.63. The van der Waals surface area contributed by atoms with Crippen molar-refractivity contribution in [1.82, 2.24) is 0 Å². The van der Waals surface area contributed by atoms with Gasteiger partial charge in [0.2, 0.25) is 0 Å². The molecule has 0 saturated carbocycles. The van der Waals surface area contributed by atoms with Crippen molar-refractivity contribution in [2.75, 3.05) is 20.0 Å². The molecule has 0 atom stereocenters. The molecule has 0 N–H and O–H groups in total. The number of hydrogen-bond donors (Lipinski definition) is 0. The number of carbonyl (C=O) groups is 3. The molecular weight excluding hydrogens is 376 g/mol. The molecule has 0 heterocycles. The van der Waals surface area contributed by atoms with Crippen LogP contribution in [0.4, 0.5) is 0 Å². The summed E-state index contributed by atoms with van der Waals surface area (Å²) in [5.41, 5.74) is 0. The van der Waals surface area contributed by atoms with Crippen molar-refractivity contribution in [3.05, 3.63) is 0 Å². The number of esters is 3. The van der Waals surface area contributed by atoms with E-state index in [1.54, 1.807) is 0 Å². The average Bonchev–Trinajstić information content (AvgIpc) is 2.69. The van der Waals surface area contributed by atoms with Crippen LogP contribution in [0.3, 0.4) is 0 Å². The molecule has 0 fully saturated rings. The highest BCUT2D eigenvalue weighted by Crippen LogP contribution is 2.08. The van der Waals surface area contributed by atoms with Crippen molar-refractivity contribution in [1.29, 1.82) is 0 Å². The van der Waals surface area contributed by atoms with Crippen LogP contribution in [-0.2, 0) is 33.3 Å². The molecule has 0 aromatic heterocycles. The van der Waals surface area contributed by atoms with Crippen molar-refractivity contribution >= 4 is 17.9 Å². The number of carbonyl (C=O) groups excluding carboxylic acids is 3. The molecule has 0 rings (SSSR count). The molecule has 0 aliphatic carbocycles. The molecule has 7 nitrogen and oxygen atoms in total. The second kappa shape index (κ2) is 19.7. The predicted octanol–water partition coefficient (Wildman–Crippen LogP) is 4.70. The molecular formula is C22H40O7. The molecule has 0 spiro atoms. The zero-order chi connectivity index (χ0) is 21.7. The van der Waals surface area contributed by atoms with E-state index in [1.165, 1.54) is 19.8 Å². The molecule has 0 amide bonds. The van der Waals surface area contributed by atoms with Crippen LogP contribution in [0, 0.1) is 0 Å². The first-order valence-electron chi connectivity index (χ1n) is 11.1. The lowest BCUT2D eigenvalue weighted by molar-refractivity contribution is -0.174. The van der Waals surface area contributed by atoms with Crippen molar-refractivity contribution in [2.24, 2.45) is 0 Å². The first-order valence-corrected chi connectivity index (χ1v) is 11.1. The minimum absolute atomic E-state index is 0.0428. The van der Waals surface area contributed by atoms with Crippen LogP contribution < -0.4 is 0 Å². The zero-order valence-corrected chi connectivity index (χ0v) is 18.5. The average molecular weight is 417 g/mol. The van der Waals surface area contributed by atoms with E-state index in [-0.39, 0.29) is 31.9 Å². The molecule has 0 saturated heterocycles. The van der Waals surface area contributed by atoms with Crippen LogP contribution in [0.1, 0.15) is 97.8 Å². The largest absolute Gasteiger partial charge is 0.463 e. The first-order chi connectivity index (χ1) is 14.0. The molecule has 0 unspecified atom stereocenters.